The fourth-order valence-corrected chi connectivity index (χ4v) is 1.84. The van der Waals surface area contributed by atoms with Crippen LogP contribution in [0.1, 0.15) is 32.1 Å². The average molecular weight is 255 g/mol. The summed E-state index contributed by atoms with van der Waals surface area (Å²) in [6, 6.07) is -0.104. The molecule has 0 aromatic heterocycles. The van der Waals surface area contributed by atoms with E-state index < -0.39 is 12.8 Å². The number of halogens is 3. The predicted octanol–water partition coefficient (Wildman–Crippen LogP) is 2.24. The highest BCUT2D eigenvalue weighted by Crippen LogP contribution is 2.18. The minimum Gasteiger partial charge on any atom is -0.378 e. The van der Waals surface area contributed by atoms with Crippen molar-refractivity contribution in [3.8, 4) is 0 Å². The van der Waals surface area contributed by atoms with Crippen molar-refractivity contribution in [1.82, 2.24) is 0 Å². The van der Waals surface area contributed by atoms with Gasteiger partial charge in [0.15, 0.2) is 0 Å². The SMILES string of the molecule is NC(CCOCC(F)(F)F)CCC1CCCO1. The summed E-state index contributed by atoms with van der Waals surface area (Å²) in [5, 5.41) is 0. The van der Waals surface area contributed by atoms with Crippen molar-refractivity contribution in [2.45, 2.75) is 50.4 Å². The van der Waals surface area contributed by atoms with Gasteiger partial charge < -0.3 is 15.2 Å². The van der Waals surface area contributed by atoms with Crippen LogP contribution in [0.15, 0.2) is 0 Å². The quantitative estimate of drug-likeness (QED) is 0.710. The second-order valence-corrected chi connectivity index (χ2v) is 4.43. The Morgan fingerprint density at radius 1 is 1.35 bits per heavy atom. The van der Waals surface area contributed by atoms with Gasteiger partial charge in [0.05, 0.1) is 6.10 Å². The molecule has 1 saturated heterocycles. The summed E-state index contributed by atoms with van der Waals surface area (Å²) < 4.78 is 45.2. The van der Waals surface area contributed by atoms with Crippen LogP contribution in [-0.2, 0) is 9.47 Å². The van der Waals surface area contributed by atoms with Gasteiger partial charge in [0.2, 0.25) is 0 Å². The molecule has 0 radical (unpaired) electrons. The van der Waals surface area contributed by atoms with Crippen molar-refractivity contribution in [1.29, 1.82) is 0 Å². The third-order valence-electron chi connectivity index (χ3n) is 2.78. The van der Waals surface area contributed by atoms with Crippen molar-refractivity contribution in [2.24, 2.45) is 5.73 Å². The van der Waals surface area contributed by atoms with Crippen LogP contribution in [0.3, 0.4) is 0 Å². The molecule has 6 heteroatoms. The molecule has 0 amide bonds. The van der Waals surface area contributed by atoms with Crippen LogP contribution in [-0.4, -0.2) is 38.1 Å². The standard InChI is InChI=1S/C11H20F3NO2/c12-11(13,14)8-16-7-5-9(15)3-4-10-2-1-6-17-10/h9-10H,1-8,15H2. The van der Waals surface area contributed by atoms with Gasteiger partial charge in [-0.05, 0) is 32.1 Å². The smallest absolute Gasteiger partial charge is 0.378 e. The van der Waals surface area contributed by atoms with E-state index in [1.54, 1.807) is 0 Å². The highest BCUT2D eigenvalue weighted by Gasteiger charge is 2.27. The van der Waals surface area contributed by atoms with Crippen LogP contribution in [0.4, 0.5) is 13.2 Å². The molecule has 2 atom stereocenters. The lowest BCUT2D eigenvalue weighted by Crippen LogP contribution is -2.25. The summed E-state index contributed by atoms with van der Waals surface area (Å²) in [7, 11) is 0. The molecule has 2 N–H and O–H groups in total. The monoisotopic (exact) mass is 255 g/mol. The number of alkyl halides is 3. The molecular weight excluding hydrogens is 235 g/mol. The Hall–Kier alpha value is -0.330. The van der Waals surface area contributed by atoms with E-state index >= 15 is 0 Å². The van der Waals surface area contributed by atoms with E-state index in [1.165, 1.54) is 0 Å². The summed E-state index contributed by atoms with van der Waals surface area (Å²) in [4.78, 5) is 0. The Morgan fingerprint density at radius 3 is 2.71 bits per heavy atom. The molecule has 1 aliphatic heterocycles. The van der Waals surface area contributed by atoms with Gasteiger partial charge in [-0.2, -0.15) is 13.2 Å². The van der Waals surface area contributed by atoms with E-state index in [9.17, 15) is 13.2 Å². The zero-order valence-electron chi connectivity index (χ0n) is 9.84. The topological polar surface area (TPSA) is 44.5 Å². The lowest BCUT2D eigenvalue weighted by atomic mass is 10.0. The summed E-state index contributed by atoms with van der Waals surface area (Å²) in [5.41, 5.74) is 5.78. The van der Waals surface area contributed by atoms with E-state index in [-0.39, 0.29) is 18.8 Å². The maximum atomic E-state index is 11.8. The normalized spacial score (nSPS) is 22.9. The van der Waals surface area contributed by atoms with Crippen molar-refractivity contribution in [2.75, 3.05) is 19.8 Å². The molecule has 0 aliphatic carbocycles. The van der Waals surface area contributed by atoms with Gasteiger partial charge in [-0.3, -0.25) is 0 Å². The van der Waals surface area contributed by atoms with Crippen LogP contribution in [0.5, 0.6) is 0 Å². The molecule has 0 spiro atoms. The molecule has 3 nitrogen and oxygen atoms in total. The number of ether oxygens (including phenoxy) is 2. The van der Waals surface area contributed by atoms with Gasteiger partial charge in [0.25, 0.3) is 0 Å². The first kappa shape index (κ1) is 14.7. The summed E-state index contributed by atoms with van der Waals surface area (Å²) in [6.45, 7) is -0.313. The van der Waals surface area contributed by atoms with E-state index in [1.807, 2.05) is 0 Å². The van der Waals surface area contributed by atoms with Gasteiger partial charge in [0.1, 0.15) is 6.61 Å². The molecule has 0 saturated carbocycles. The van der Waals surface area contributed by atoms with E-state index in [2.05, 4.69) is 4.74 Å². The van der Waals surface area contributed by atoms with Crippen LogP contribution in [0.25, 0.3) is 0 Å². The Kier molecular flexibility index (Phi) is 6.22. The largest absolute Gasteiger partial charge is 0.411 e. The molecule has 1 aliphatic rings. The Labute approximate surface area is 99.4 Å². The van der Waals surface area contributed by atoms with Gasteiger partial charge in [-0.1, -0.05) is 0 Å². The fraction of sp³-hybridized carbons (Fsp3) is 1.00. The molecule has 1 rings (SSSR count). The molecule has 1 fully saturated rings. The number of hydrogen-bond donors (Lipinski definition) is 1. The maximum absolute atomic E-state index is 11.8. The fourth-order valence-electron chi connectivity index (χ4n) is 1.84. The highest BCUT2D eigenvalue weighted by atomic mass is 19.4. The minimum absolute atomic E-state index is 0.0617. The maximum Gasteiger partial charge on any atom is 0.411 e. The van der Waals surface area contributed by atoms with Crippen LogP contribution >= 0.6 is 0 Å². The van der Waals surface area contributed by atoms with Crippen LogP contribution in [0.2, 0.25) is 0 Å². The molecule has 102 valence electrons. The third kappa shape index (κ3) is 7.57. The van der Waals surface area contributed by atoms with Gasteiger partial charge in [-0.25, -0.2) is 0 Å². The molecule has 2 unspecified atom stereocenters. The molecule has 1 heterocycles. The Morgan fingerprint density at radius 2 is 2.12 bits per heavy atom. The molecule has 0 aromatic rings. The first-order valence-corrected chi connectivity index (χ1v) is 5.99. The Bertz CT molecular complexity index is 205. The minimum atomic E-state index is -4.25. The zero-order valence-corrected chi connectivity index (χ0v) is 9.84. The van der Waals surface area contributed by atoms with E-state index in [0.29, 0.717) is 6.42 Å². The van der Waals surface area contributed by atoms with Crippen LogP contribution in [0, 0.1) is 0 Å². The first-order valence-electron chi connectivity index (χ1n) is 5.99. The van der Waals surface area contributed by atoms with E-state index in [4.69, 9.17) is 10.5 Å². The number of nitrogens with two attached hydrogens (primary N) is 1. The Balaban J connectivity index is 1.95. The second kappa shape index (κ2) is 7.18. The van der Waals surface area contributed by atoms with Gasteiger partial charge in [-0.15, -0.1) is 0 Å². The average Bonchev–Trinajstić information content (AvgIpc) is 2.73. The van der Waals surface area contributed by atoms with Crippen molar-refractivity contribution >= 4 is 0 Å². The van der Waals surface area contributed by atoms with Crippen molar-refractivity contribution < 1.29 is 22.6 Å². The summed E-state index contributed by atoms with van der Waals surface area (Å²) in [5.74, 6) is 0. The van der Waals surface area contributed by atoms with Gasteiger partial charge in [0, 0.05) is 19.3 Å². The van der Waals surface area contributed by atoms with E-state index in [0.717, 1.165) is 32.3 Å². The van der Waals surface area contributed by atoms with Gasteiger partial charge >= 0.3 is 6.18 Å². The lowest BCUT2D eigenvalue weighted by molar-refractivity contribution is -0.174. The third-order valence-corrected chi connectivity index (χ3v) is 2.78. The predicted molar refractivity (Wildman–Crippen MR) is 57.7 cm³/mol. The number of hydrogen-bond acceptors (Lipinski definition) is 3. The van der Waals surface area contributed by atoms with Crippen molar-refractivity contribution in [3.63, 3.8) is 0 Å². The molecule has 0 aromatic carbocycles. The molecular formula is C11H20F3NO2. The molecule has 0 bridgehead atoms. The second-order valence-electron chi connectivity index (χ2n) is 4.43. The lowest BCUT2D eigenvalue weighted by Gasteiger charge is -2.15. The zero-order chi connectivity index (χ0) is 12.7. The van der Waals surface area contributed by atoms with Crippen molar-refractivity contribution in [3.05, 3.63) is 0 Å². The molecule has 17 heavy (non-hydrogen) atoms. The van der Waals surface area contributed by atoms with Crippen LogP contribution < -0.4 is 5.73 Å². The number of rotatable bonds is 7. The highest BCUT2D eigenvalue weighted by molar-refractivity contribution is 4.69. The summed E-state index contributed by atoms with van der Waals surface area (Å²) >= 11 is 0. The summed E-state index contributed by atoms with van der Waals surface area (Å²) in [6.07, 6.45) is 0.328. The first-order chi connectivity index (χ1) is 7.97.